The lowest BCUT2D eigenvalue weighted by atomic mass is 10.1. The fourth-order valence-corrected chi connectivity index (χ4v) is 5.10. The van der Waals surface area contributed by atoms with Gasteiger partial charge in [0, 0.05) is 61.9 Å². The summed E-state index contributed by atoms with van der Waals surface area (Å²) in [5, 5.41) is 4.16. The second-order valence-electron chi connectivity index (χ2n) is 8.40. The lowest BCUT2D eigenvalue weighted by Crippen LogP contribution is -2.47. The summed E-state index contributed by atoms with van der Waals surface area (Å²) >= 11 is 7.44. The van der Waals surface area contributed by atoms with Crippen molar-refractivity contribution < 1.29 is 4.39 Å². The molecule has 0 spiro atoms. The van der Waals surface area contributed by atoms with Crippen LogP contribution in [0.2, 0.25) is 4.34 Å². The first-order valence-corrected chi connectivity index (χ1v) is 12.0. The van der Waals surface area contributed by atoms with Crippen molar-refractivity contribution in [3.8, 4) is 11.3 Å². The van der Waals surface area contributed by atoms with Crippen molar-refractivity contribution in [3.63, 3.8) is 0 Å². The molecule has 1 unspecified atom stereocenters. The summed E-state index contributed by atoms with van der Waals surface area (Å²) in [5.41, 5.74) is 2.34. The second-order valence-corrected chi connectivity index (χ2v) is 9.76. The number of halogens is 2. The van der Waals surface area contributed by atoms with E-state index in [-0.39, 0.29) is 5.82 Å². The van der Waals surface area contributed by atoms with E-state index in [1.54, 1.807) is 13.0 Å². The number of aromatic nitrogens is 4. The minimum absolute atomic E-state index is 0.206. The Hall–Kier alpha value is -2.52. The Labute approximate surface area is 196 Å². The first-order valence-electron chi connectivity index (χ1n) is 10.9. The topological polar surface area (TPSA) is 61.3 Å². The highest BCUT2D eigenvalue weighted by molar-refractivity contribution is 7.11. The molecule has 7 nitrogen and oxygen atoms in total. The minimum atomic E-state index is -0.206. The van der Waals surface area contributed by atoms with Crippen LogP contribution in [0.5, 0.6) is 0 Å². The van der Waals surface area contributed by atoms with Gasteiger partial charge in [-0.15, -0.1) is 5.10 Å². The van der Waals surface area contributed by atoms with Crippen molar-refractivity contribution >= 4 is 40.7 Å². The molecule has 1 atom stereocenters. The molecule has 2 aliphatic rings. The molecule has 168 valence electrons. The molecule has 0 amide bonds. The normalized spacial score (nSPS) is 19.1. The van der Waals surface area contributed by atoms with Gasteiger partial charge in [-0.25, -0.2) is 9.37 Å². The second kappa shape index (κ2) is 8.78. The maximum Gasteiger partial charge on any atom is 0.228 e. The summed E-state index contributed by atoms with van der Waals surface area (Å²) in [5.74, 6) is 2.20. The third-order valence-electron chi connectivity index (χ3n) is 6.30. The predicted molar refractivity (Wildman–Crippen MR) is 128 cm³/mol. The van der Waals surface area contributed by atoms with Crippen molar-refractivity contribution in [2.24, 2.45) is 0 Å². The molecule has 2 aromatic heterocycles. The molecule has 0 radical (unpaired) electrons. The zero-order chi connectivity index (χ0) is 22.2. The molecule has 4 heterocycles. The summed E-state index contributed by atoms with van der Waals surface area (Å²) < 4.78 is 18.4. The van der Waals surface area contributed by atoms with Crippen molar-refractivity contribution in [2.75, 3.05) is 47.4 Å². The number of rotatable bonds is 4. The number of hydrogen-bond acceptors (Lipinski definition) is 8. The molecule has 2 aliphatic heterocycles. The molecular weight excluding hydrogens is 449 g/mol. The van der Waals surface area contributed by atoms with E-state index in [0.29, 0.717) is 15.9 Å². The highest BCUT2D eigenvalue weighted by Crippen LogP contribution is 2.31. The predicted octanol–water partition coefficient (Wildman–Crippen LogP) is 4.41. The molecule has 5 rings (SSSR count). The molecule has 1 aromatic carbocycles. The molecule has 0 saturated carbocycles. The van der Waals surface area contributed by atoms with Gasteiger partial charge in [-0.05, 0) is 50.5 Å². The lowest BCUT2D eigenvalue weighted by Gasteiger charge is -2.36. The van der Waals surface area contributed by atoms with Crippen LogP contribution in [-0.4, -0.2) is 58.3 Å². The highest BCUT2D eigenvalue weighted by atomic mass is 35.5. The summed E-state index contributed by atoms with van der Waals surface area (Å²) in [7, 11) is 0. The Morgan fingerprint density at radius 3 is 2.50 bits per heavy atom. The van der Waals surface area contributed by atoms with Crippen molar-refractivity contribution in [2.45, 2.75) is 32.7 Å². The van der Waals surface area contributed by atoms with E-state index >= 15 is 0 Å². The lowest BCUT2D eigenvalue weighted by molar-refractivity contribution is 0.618. The van der Waals surface area contributed by atoms with Crippen molar-refractivity contribution in [3.05, 3.63) is 40.0 Å². The number of aryl methyl sites for hydroxylation is 1. The molecule has 2 saturated heterocycles. The Morgan fingerprint density at radius 2 is 1.84 bits per heavy atom. The van der Waals surface area contributed by atoms with Gasteiger partial charge in [0.15, 0.2) is 10.2 Å². The van der Waals surface area contributed by atoms with E-state index in [4.69, 9.17) is 21.6 Å². The van der Waals surface area contributed by atoms with E-state index in [9.17, 15) is 4.39 Å². The Balaban J connectivity index is 1.46. The molecule has 0 N–H and O–H groups in total. The van der Waals surface area contributed by atoms with Crippen LogP contribution in [0.4, 0.5) is 22.0 Å². The molecule has 32 heavy (non-hydrogen) atoms. The summed E-state index contributed by atoms with van der Waals surface area (Å²) in [6.07, 6.45) is 2.28. The van der Waals surface area contributed by atoms with Crippen LogP contribution in [0.15, 0.2) is 24.3 Å². The Kier molecular flexibility index (Phi) is 5.86. The van der Waals surface area contributed by atoms with Gasteiger partial charge < -0.3 is 14.7 Å². The van der Waals surface area contributed by atoms with Gasteiger partial charge in [0.2, 0.25) is 5.95 Å². The van der Waals surface area contributed by atoms with E-state index in [1.807, 2.05) is 12.1 Å². The van der Waals surface area contributed by atoms with Gasteiger partial charge >= 0.3 is 0 Å². The first-order chi connectivity index (χ1) is 15.5. The summed E-state index contributed by atoms with van der Waals surface area (Å²) in [6.45, 7) is 8.11. The quantitative estimate of drug-likeness (QED) is 0.556. The zero-order valence-corrected chi connectivity index (χ0v) is 19.7. The number of anilines is 3. The number of piperazine rings is 1. The molecule has 0 aliphatic carbocycles. The maximum absolute atomic E-state index is 13.9. The first kappa shape index (κ1) is 21.3. The monoisotopic (exact) mass is 473 g/mol. The number of nitrogens with zero attached hydrogens (tertiary/aromatic N) is 7. The SMILES string of the molecule is Cc1cc(-c2cc(N3CCN(c4nnsc4Cl)CC3)nc(N3CCCC3C)n2)ccc1F. The smallest absolute Gasteiger partial charge is 0.228 e. The van der Waals surface area contributed by atoms with Gasteiger partial charge in [-0.1, -0.05) is 16.1 Å². The van der Waals surface area contributed by atoms with E-state index in [0.717, 1.165) is 74.4 Å². The van der Waals surface area contributed by atoms with Crippen LogP contribution in [0.1, 0.15) is 25.3 Å². The van der Waals surface area contributed by atoms with E-state index < -0.39 is 0 Å². The van der Waals surface area contributed by atoms with Gasteiger partial charge in [-0.2, -0.15) is 4.98 Å². The van der Waals surface area contributed by atoms with Crippen LogP contribution in [0.3, 0.4) is 0 Å². The maximum atomic E-state index is 13.9. The number of benzene rings is 1. The van der Waals surface area contributed by atoms with Crippen LogP contribution >= 0.6 is 23.1 Å². The van der Waals surface area contributed by atoms with E-state index in [1.165, 1.54) is 17.6 Å². The van der Waals surface area contributed by atoms with Crippen LogP contribution < -0.4 is 14.7 Å². The fourth-order valence-electron chi connectivity index (χ4n) is 4.40. The third-order valence-corrected chi connectivity index (χ3v) is 7.18. The molecule has 3 aromatic rings. The molecule has 2 fully saturated rings. The van der Waals surface area contributed by atoms with Gasteiger partial charge in [0.1, 0.15) is 11.6 Å². The summed E-state index contributed by atoms with van der Waals surface area (Å²) in [4.78, 5) is 16.6. The fraction of sp³-hybridized carbons (Fsp3) is 0.455. The molecule has 0 bridgehead atoms. The van der Waals surface area contributed by atoms with Gasteiger partial charge in [-0.3, -0.25) is 0 Å². The highest BCUT2D eigenvalue weighted by Gasteiger charge is 2.27. The largest absolute Gasteiger partial charge is 0.353 e. The summed E-state index contributed by atoms with van der Waals surface area (Å²) in [6, 6.07) is 7.58. The van der Waals surface area contributed by atoms with Gasteiger partial charge in [0.05, 0.1) is 5.69 Å². The van der Waals surface area contributed by atoms with Gasteiger partial charge in [0.25, 0.3) is 0 Å². The Bertz CT molecular complexity index is 1120. The standard InChI is InChI=1S/C22H25ClFN7S/c1-14-12-16(5-6-17(14)24)18-13-19(26-22(25-18)31-7-3-4-15(31)2)29-8-10-30(11-9-29)21-20(23)32-28-27-21/h5-6,12-13,15H,3-4,7-11H2,1-2H3. The molecular formula is C22H25ClFN7S. The average molecular weight is 474 g/mol. The van der Waals surface area contributed by atoms with Crippen molar-refractivity contribution in [1.82, 2.24) is 19.6 Å². The van der Waals surface area contributed by atoms with Crippen molar-refractivity contribution in [1.29, 1.82) is 0 Å². The number of hydrogen-bond donors (Lipinski definition) is 0. The van der Waals surface area contributed by atoms with E-state index in [2.05, 4.69) is 31.2 Å². The van der Waals surface area contributed by atoms with Crippen LogP contribution in [0, 0.1) is 12.7 Å². The van der Waals surface area contributed by atoms with Crippen LogP contribution in [-0.2, 0) is 0 Å². The van der Waals surface area contributed by atoms with Crippen LogP contribution in [0.25, 0.3) is 11.3 Å². The zero-order valence-electron chi connectivity index (χ0n) is 18.1. The minimum Gasteiger partial charge on any atom is -0.353 e. The molecule has 10 heteroatoms. The third kappa shape index (κ3) is 4.11. The average Bonchev–Trinajstić information content (AvgIpc) is 3.43. The Morgan fingerprint density at radius 1 is 1.06 bits per heavy atom.